The van der Waals surface area contributed by atoms with Gasteiger partial charge in [0.05, 0.1) is 66.1 Å². The van der Waals surface area contributed by atoms with E-state index >= 15 is 0 Å². The molecule has 0 bridgehead atoms. The lowest BCUT2D eigenvalue weighted by Gasteiger charge is -2.08. The fourth-order valence-corrected chi connectivity index (χ4v) is 2.19. The van der Waals surface area contributed by atoms with Crippen molar-refractivity contribution in [2.45, 2.75) is 6.92 Å². The third-order valence-corrected chi connectivity index (χ3v) is 3.70. The molecule has 180 valence electrons. The Morgan fingerprint density at radius 3 is 1.34 bits per heavy atom. The summed E-state index contributed by atoms with van der Waals surface area (Å²) in [7, 11) is 0. The van der Waals surface area contributed by atoms with Crippen molar-refractivity contribution in [1.29, 1.82) is 0 Å². The fraction of sp³-hybridized carbons (Fsp3) is 0.591. The zero-order chi connectivity index (χ0) is 23.3. The molecule has 0 aromatic heterocycles. The smallest absolute Gasteiger partial charge is 0.379 e. The van der Waals surface area contributed by atoms with Crippen molar-refractivity contribution in [3.63, 3.8) is 0 Å². The van der Waals surface area contributed by atoms with Crippen molar-refractivity contribution >= 4 is 17.7 Å². The summed E-state index contributed by atoms with van der Waals surface area (Å²) in [5.74, 6) is -1.90. The summed E-state index contributed by atoms with van der Waals surface area (Å²) in [6.45, 7) is 5.43. The van der Waals surface area contributed by atoms with Crippen molar-refractivity contribution in [3.8, 4) is 0 Å². The molecule has 0 spiro atoms. The van der Waals surface area contributed by atoms with Crippen LogP contribution in [0.1, 0.15) is 17.3 Å². The highest BCUT2D eigenvalue weighted by Gasteiger charge is 2.16. The van der Waals surface area contributed by atoms with E-state index in [2.05, 4.69) is 0 Å². The minimum atomic E-state index is -0.899. The predicted molar refractivity (Wildman–Crippen MR) is 112 cm³/mol. The van der Waals surface area contributed by atoms with Gasteiger partial charge < -0.3 is 33.2 Å². The maximum atomic E-state index is 11.8. The lowest BCUT2D eigenvalue weighted by Crippen LogP contribution is -2.20. The first-order chi connectivity index (χ1) is 15.6. The zero-order valence-electron chi connectivity index (χ0n) is 18.5. The zero-order valence-corrected chi connectivity index (χ0v) is 18.5. The molecule has 0 saturated carbocycles. The Kier molecular flexibility index (Phi) is 16.7. The Morgan fingerprint density at radius 2 is 0.938 bits per heavy atom. The van der Waals surface area contributed by atoms with Crippen LogP contribution in [0.5, 0.6) is 0 Å². The fourth-order valence-electron chi connectivity index (χ4n) is 2.19. The number of carbonyl (C=O) groups is 3. The van der Waals surface area contributed by atoms with Gasteiger partial charge in [0, 0.05) is 12.5 Å². The largest absolute Gasteiger partial charge is 0.463 e. The molecule has 0 fully saturated rings. The highest BCUT2D eigenvalue weighted by molar-refractivity contribution is 6.40. The third kappa shape index (κ3) is 15.4. The normalized spacial score (nSPS) is 10.7. The summed E-state index contributed by atoms with van der Waals surface area (Å²) in [4.78, 5) is 34.0. The van der Waals surface area contributed by atoms with E-state index in [9.17, 15) is 14.4 Å². The van der Waals surface area contributed by atoms with E-state index in [1.165, 1.54) is 6.92 Å². The number of ether oxygens (including phenoxy) is 7. The van der Waals surface area contributed by atoms with Crippen molar-refractivity contribution in [3.05, 3.63) is 35.9 Å². The molecule has 0 aliphatic heterocycles. The number of hydrogen-bond donors (Lipinski definition) is 0. The van der Waals surface area contributed by atoms with Crippen LogP contribution in [-0.4, -0.2) is 97.0 Å². The molecule has 1 rings (SSSR count). The third-order valence-electron chi connectivity index (χ3n) is 3.70. The van der Waals surface area contributed by atoms with E-state index in [0.29, 0.717) is 65.0 Å². The van der Waals surface area contributed by atoms with Crippen LogP contribution < -0.4 is 0 Å². The maximum Gasteiger partial charge on any atom is 0.379 e. The summed E-state index contributed by atoms with van der Waals surface area (Å²) < 4.78 is 36.1. The Bertz CT molecular complexity index is 635. The van der Waals surface area contributed by atoms with Crippen LogP contribution in [-0.2, 0) is 42.7 Å². The van der Waals surface area contributed by atoms with Gasteiger partial charge in [-0.3, -0.25) is 9.59 Å². The number of benzene rings is 1. The van der Waals surface area contributed by atoms with Gasteiger partial charge >= 0.3 is 11.9 Å². The average molecular weight is 456 g/mol. The van der Waals surface area contributed by atoms with E-state index in [4.69, 9.17) is 33.2 Å². The first kappa shape index (κ1) is 27.7. The molecule has 0 aliphatic rings. The average Bonchev–Trinajstić information content (AvgIpc) is 2.80. The molecule has 0 aliphatic carbocycles. The van der Waals surface area contributed by atoms with E-state index in [0.717, 1.165) is 0 Å². The molecule has 10 heteroatoms. The van der Waals surface area contributed by atoms with Gasteiger partial charge in [-0.1, -0.05) is 30.3 Å². The molecule has 0 saturated heterocycles. The van der Waals surface area contributed by atoms with Crippen LogP contribution in [0.4, 0.5) is 0 Å². The van der Waals surface area contributed by atoms with Gasteiger partial charge in [0.1, 0.15) is 13.2 Å². The molecule has 1 aromatic rings. The standard InChI is InChI=1S/C22H32O10/c1-19(23)31-17-15-29-13-11-27-9-7-26-8-10-28-12-14-30-16-18-32-22(25)21(24)20-5-3-2-4-6-20/h2-6H,7-18H2,1H3. The Labute approximate surface area is 188 Å². The first-order valence-corrected chi connectivity index (χ1v) is 10.4. The van der Waals surface area contributed by atoms with Gasteiger partial charge in [-0.25, -0.2) is 4.79 Å². The lowest BCUT2D eigenvalue weighted by atomic mass is 10.1. The van der Waals surface area contributed by atoms with Gasteiger partial charge in [-0.15, -0.1) is 0 Å². The Morgan fingerprint density at radius 1 is 0.562 bits per heavy atom. The molecule has 0 radical (unpaired) electrons. The summed E-state index contributed by atoms with van der Waals surface area (Å²) in [5, 5.41) is 0. The Balaban J connectivity index is 1.78. The summed E-state index contributed by atoms with van der Waals surface area (Å²) >= 11 is 0. The van der Waals surface area contributed by atoms with Crippen molar-refractivity contribution in [2.75, 3.05) is 79.3 Å². The highest BCUT2D eigenvalue weighted by Crippen LogP contribution is 2.01. The predicted octanol–water partition coefficient (Wildman–Crippen LogP) is 1.06. The summed E-state index contributed by atoms with van der Waals surface area (Å²) in [5.41, 5.74) is 0.294. The molecule has 0 heterocycles. The number of esters is 2. The monoisotopic (exact) mass is 456 g/mol. The van der Waals surface area contributed by atoms with Gasteiger partial charge in [0.25, 0.3) is 5.78 Å². The second-order valence-electron chi connectivity index (χ2n) is 6.23. The quantitative estimate of drug-likeness (QED) is 0.122. The highest BCUT2D eigenvalue weighted by atomic mass is 16.6. The summed E-state index contributed by atoms with van der Waals surface area (Å²) in [6.07, 6.45) is 0. The molecular weight excluding hydrogens is 424 g/mol. The molecular formula is C22H32O10. The maximum absolute atomic E-state index is 11.8. The topological polar surface area (TPSA) is 116 Å². The van der Waals surface area contributed by atoms with E-state index in [1.54, 1.807) is 30.3 Å². The van der Waals surface area contributed by atoms with Crippen LogP contribution in [0, 0.1) is 0 Å². The SMILES string of the molecule is CC(=O)OCCOCCOCCOCCOCCOCCOC(=O)C(=O)c1ccccc1. The van der Waals surface area contributed by atoms with E-state index in [1.807, 2.05) is 0 Å². The van der Waals surface area contributed by atoms with Gasteiger partial charge in [-0.05, 0) is 0 Å². The number of carbonyl (C=O) groups excluding carboxylic acids is 3. The number of hydrogen-bond acceptors (Lipinski definition) is 10. The van der Waals surface area contributed by atoms with Crippen LogP contribution in [0.25, 0.3) is 0 Å². The van der Waals surface area contributed by atoms with E-state index in [-0.39, 0.29) is 25.8 Å². The van der Waals surface area contributed by atoms with Crippen LogP contribution >= 0.6 is 0 Å². The van der Waals surface area contributed by atoms with Gasteiger partial charge in [0.2, 0.25) is 0 Å². The number of Topliss-reactive ketones (excluding diaryl/α,β-unsaturated/α-hetero) is 1. The second kappa shape index (κ2) is 19.3. The Hall–Kier alpha value is -2.37. The number of rotatable bonds is 20. The molecule has 0 atom stereocenters. The van der Waals surface area contributed by atoms with Crippen LogP contribution in [0.3, 0.4) is 0 Å². The van der Waals surface area contributed by atoms with Gasteiger partial charge in [-0.2, -0.15) is 0 Å². The lowest BCUT2D eigenvalue weighted by molar-refractivity contribution is -0.142. The van der Waals surface area contributed by atoms with Crippen molar-refractivity contribution in [2.24, 2.45) is 0 Å². The van der Waals surface area contributed by atoms with Crippen LogP contribution in [0.2, 0.25) is 0 Å². The molecule has 0 N–H and O–H groups in total. The minimum absolute atomic E-state index is 0.00223. The molecule has 0 unspecified atom stereocenters. The molecule has 1 aromatic carbocycles. The van der Waals surface area contributed by atoms with Gasteiger partial charge in [0.15, 0.2) is 0 Å². The van der Waals surface area contributed by atoms with E-state index < -0.39 is 11.8 Å². The molecule has 10 nitrogen and oxygen atoms in total. The molecule has 0 amide bonds. The summed E-state index contributed by atoms with van der Waals surface area (Å²) in [6, 6.07) is 8.23. The number of ketones is 1. The minimum Gasteiger partial charge on any atom is -0.463 e. The van der Waals surface area contributed by atoms with Crippen molar-refractivity contribution < 1.29 is 47.5 Å². The van der Waals surface area contributed by atoms with Crippen molar-refractivity contribution in [1.82, 2.24) is 0 Å². The second-order valence-corrected chi connectivity index (χ2v) is 6.23. The first-order valence-electron chi connectivity index (χ1n) is 10.4. The molecule has 32 heavy (non-hydrogen) atoms. The van der Waals surface area contributed by atoms with Crippen LogP contribution in [0.15, 0.2) is 30.3 Å².